The van der Waals surface area contributed by atoms with E-state index in [1.54, 1.807) is 6.21 Å². The highest BCUT2D eigenvalue weighted by molar-refractivity contribution is 5.72. The van der Waals surface area contributed by atoms with E-state index in [-0.39, 0.29) is 0 Å². The van der Waals surface area contributed by atoms with Crippen LogP contribution < -0.4 is 0 Å². The molecular formula is C13H14N2. The smallest absolute Gasteiger partial charge is 0.0814 e. The summed E-state index contributed by atoms with van der Waals surface area (Å²) in [6.45, 7) is 4.60. The molecule has 0 unspecified atom stereocenters. The molecule has 2 aliphatic heterocycles. The van der Waals surface area contributed by atoms with Gasteiger partial charge in [-0.1, -0.05) is 24.8 Å². The van der Waals surface area contributed by atoms with Gasteiger partial charge in [0.25, 0.3) is 0 Å². The Morgan fingerprint density at radius 3 is 3.07 bits per heavy atom. The summed E-state index contributed by atoms with van der Waals surface area (Å²) in [7, 11) is 0. The van der Waals surface area contributed by atoms with Crippen LogP contribution in [-0.2, 0) is 0 Å². The number of allylic oxidation sites excluding steroid dienone is 6. The number of nitrogens with zero attached hydrogens (tertiary/aromatic N) is 2. The second-order valence-corrected chi connectivity index (χ2v) is 3.58. The van der Waals surface area contributed by atoms with Crippen molar-refractivity contribution in [3.63, 3.8) is 0 Å². The lowest BCUT2D eigenvalue weighted by Crippen LogP contribution is -1.99. The molecule has 0 aromatic carbocycles. The average molecular weight is 198 g/mol. The Morgan fingerprint density at radius 1 is 1.20 bits per heavy atom. The van der Waals surface area contributed by atoms with Crippen molar-refractivity contribution in [1.82, 2.24) is 0 Å². The Morgan fingerprint density at radius 2 is 2.13 bits per heavy atom. The zero-order valence-electron chi connectivity index (χ0n) is 8.69. The van der Waals surface area contributed by atoms with Crippen LogP contribution in [0.3, 0.4) is 0 Å². The standard InChI is InChI=1S/C13H14N2/c1-11-4-2-8-14-10-13-12(7-6-11)5-3-9-15-13/h2,4,6-9H,1,3,5,10H2/b4-2-,7-6-,14-8-. The van der Waals surface area contributed by atoms with E-state index in [0.717, 1.165) is 24.1 Å². The summed E-state index contributed by atoms with van der Waals surface area (Å²) in [6.07, 6.45) is 13.9. The van der Waals surface area contributed by atoms with Gasteiger partial charge in [-0.3, -0.25) is 9.98 Å². The molecule has 76 valence electrons. The van der Waals surface area contributed by atoms with Crippen LogP contribution in [-0.4, -0.2) is 19.0 Å². The molecule has 0 fully saturated rings. The van der Waals surface area contributed by atoms with Gasteiger partial charge in [0.1, 0.15) is 0 Å². The number of hydrogen-bond acceptors (Lipinski definition) is 2. The third-order valence-corrected chi connectivity index (χ3v) is 2.40. The van der Waals surface area contributed by atoms with Crippen LogP contribution in [0.4, 0.5) is 0 Å². The molecule has 0 aromatic heterocycles. The largest absolute Gasteiger partial charge is 0.287 e. The minimum Gasteiger partial charge on any atom is -0.287 e. The summed E-state index contributed by atoms with van der Waals surface area (Å²) in [6, 6.07) is 0. The second-order valence-electron chi connectivity index (χ2n) is 3.58. The van der Waals surface area contributed by atoms with Crippen molar-refractivity contribution in [2.45, 2.75) is 12.8 Å². The zero-order valence-corrected chi connectivity index (χ0v) is 8.69. The molecule has 2 heteroatoms. The molecular weight excluding hydrogens is 184 g/mol. The Bertz CT molecular complexity index is 406. The van der Waals surface area contributed by atoms with Crippen LogP contribution in [0.1, 0.15) is 12.8 Å². The molecule has 0 atom stereocenters. The fourth-order valence-electron chi connectivity index (χ4n) is 1.57. The quantitative estimate of drug-likeness (QED) is 0.572. The van der Waals surface area contributed by atoms with Gasteiger partial charge in [0.05, 0.1) is 12.2 Å². The van der Waals surface area contributed by atoms with Crippen LogP contribution in [0.15, 0.2) is 57.7 Å². The van der Waals surface area contributed by atoms with Crippen molar-refractivity contribution in [1.29, 1.82) is 0 Å². The molecule has 0 saturated carbocycles. The van der Waals surface area contributed by atoms with E-state index in [2.05, 4.69) is 22.6 Å². The van der Waals surface area contributed by atoms with Gasteiger partial charge in [0, 0.05) is 12.4 Å². The Hall–Kier alpha value is -1.70. The van der Waals surface area contributed by atoms with Crippen LogP contribution in [0.25, 0.3) is 0 Å². The average Bonchev–Trinajstić information content (AvgIpc) is 2.27. The lowest BCUT2D eigenvalue weighted by Gasteiger charge is -2.10. The summed E-state index contributed by atoms with van der Waals surface area (Å²) in [5.74, 6) is 0. The predicted molar refractivity (Wildman–Crippen MR) is 65.5 cm³/mol. The highest BCUT2D eigenvalue weighted by Crippen LogP contribution is 2.19. The molecule has 0 bridgehead atoms. The maximum atomic E-state index is 4.39. The minimum atomic E-state index is 0.674. The van der Waals surface area contributed by atoms with E-state index >= 15 is 0 Å². The van der Waals surface area contributed by atoms with Gasteiger partial charge in [0.2, 0.25) is 0 Å². The summed E-state index contributed by atoms with van der Waals surface area (Å²) in [5.41, 5.74) is 3.35. The summed E-state index contributed by atoms with van der Waals surface area (Å²) < 4.78 is 0. The highest BCUT2D eigenvalue weighted by Gasteiger charge is 2.06. The molecule has 0 spiro atoms. The first-order valence-electron chi connectivity index (χ1n) is 5.14. The third-order valence-electron chi connectivity index (χ3n) is 2.40. The van der Waals surface area contributed by atoms with Crippen molar-refractivity contribution in [3.05, 3.63) is 47.7 Å². The zero-order chi connectivity index (χ0) is 10.5. The van der Waals surface area contributed by atoms with E-state index < -0.39 is 0 Å². The normalized spacial score (nSPS) is 27.1. The highest BCUT2D eigenvalue weighted by atomic mass is 14.8. The summed E-state index contributed by atoms with van der Waals surface area (Å²) in [4.78, 5) is 8.68. The molecule has 2 rings (SSSR count). The van der Waals surface area contributed by atoms with Gasteiger partial charge in [-0.25, -0.2) is 0 Å². The minimum absolute atomic E-state index is 0.674. The maximum absolute atomic E-state index is 4.39. The molecule has 2 heterocycles. The molecule has 0 saturated heterocycles. The molecule has 0 amide bonds. The maximum Gasteiger partial charge on any atom is 0.0814 e. The second kappa shape index (κ2) is 4.69. The van der Waals surface area contributed by atoms with Gasteiger partial charge in [-0.15, -0.1) is 0 Å². The first kappa shape index (κ1) is 9.84. The predicted octanol–water partition coefficient (Wildman–Crippen LogP) is 2.86. The topological polar surface area (TPSA) is 24.7 Å². The third kappa shape index (κ3) is 2.62. The van der Waals surface area contributed by atoms with Crippen molar-refractivity contribution < 1.29 is 0 Å². The van der Waals surface area contributed by atoms with Gasteiger partial charge in [0.15, 0.2) is 0 Å². The van der Waals surface area contributed by atoms with Gasteiger partial charge < -0.3 is 0 Å². The van der Waals surface area contributed by atoms with E-state index in [1.165, 1.54) is 5.57 Å². The van der Waals surface area contributed by atoms with Crippen LogP contribution in [0.5, 0.6) is 0 Å². The first-order chi connectivity index (χ1) is 7.36. The molecule has 2 aliphatic rings. The number of hydrogen-bond donors (Lipinski definition) is 0. The summed E-state index contributed by atoms with van der Waals surface area (Å²) >= 11 is 0. The van der Waals surface area contributed by atoms with Crippen LogP contribution >= 0.6 is 0 Å². The fourth-order valence-corrected chi connectivity index (χ4v) is 1.57. The van der Waals surface area contributed by atoms with Gasteiger partial charge in [-0.05, 0) is 30.1 Å². The van der Waals surface area contributed by atoms with Crippen LogP contribution in [0.2, 0.25) is 0 Å². The van der Waals surface area contributed by atoms with Crippen molar-refractivity contribution in [2.75, 3.05) is 6.54 Å². The van der Waals surface area contributed by atoms with E-state index in [9.17, 15) is 0 Å². The molecule has 0 N–H and O–H groups in total. The van der Waals surface area contributed by atoms with Gasteiger partial charge in [-0.2, -0.15) is 0 Å². The molecule has 0 aromatic rings. The lowest BCUT2D eigenvalue weighted by atomic mass is 10.0. The first-order valence-corrected chi connectivity index (χ1v) is 5.14. The summed E-state index contributed by atoms with van der Waals surface area (Å²) in [5, 5.41) is 0. The number of aliphatic imine (C=N–C) groups is 2. The van der Waals surface area contributed by atoms with Crippen molar-refractivity contribution in [3.8, 4) is 0 Å². The van der Waals surface area contributed by atoms with Crippen molar-refractivity contribution >= 4 is 12.4 Å². The Balaban J connectivity index is 2.32. The fraction of sp³-hybridized carbons (Fsp3) is 0.231. The Labute approximate surface area is 90.1 Å². The SMILES string of the molecule is C=C1/C=C\C=N/CC2=C(/C=C\1)CCC=N2. The molecule has 0 aliphatic carbocycles. The number of rotatable bonds is 0. The Kier molecular flexibility index (Phi) is 3.08. The molecule has 0 radical (unpaired) electrons. The van der Waals surface area contributed by atoms with E-state index in [4.69, 9.17) is 0 Å². The van der Waals surface area contributed by atoms with E-state index in [0.29, 0.717) is 6.54 Å². The van der Waals surface area contributed by atoms with Crippen molar-refractivity contribution in [2.24, 2.45) is 9.98 Å². The molecule has 15 heavy (non-hydrogen) atoms. The lowest BCUT2D eigenvalue weighted by molar-refractivity contribution is 0.953. The monoisotopic (exact) mass is 198 g/mol. The van der Waals surface area contributed by atoms with Gasteiger partial charge >= 0.3 is 0 Å². The van der Waals surface area contributed by atoms with Crippen LogP contribution in [0, 0.1) is 0 Å². The molecule has 2 nitrogen and oxygen atoms in total. The van der Waals surface area contributed by atoms with E-state index in [1.807, 2.05) is 24.4 Å².